The maximum absolute atomic E-state index is 10.0. The van der Waals surface area contributed by atoms with Gasteiger partial charge in [-0.1, -0.05) is 6.07 Å². The smallest absolute Gasteiger partial charge is 0.147 e. The average Bonchev–Trinajstić information content (AvgIpc) is 2.70. The Labute approximate surface area is 158 Å². The highest BCUT2D eigenvalue weighted by atomic mass is 16.3. The van der Waals surface area contributed by atoms with Crippen LogP contribution in [0.1, 0.15) is 24.0 Å². The Bertz CT molecular complexity index is 1030. The van der Waals surface area contributed by atoms with E-state index in [1.807, 2.05) is 44.2 Å². The van der Waals surface area contributed by atoms with Crippen molar-refractivity contribution in [3.8, 4) is 22.9 Å². The van der Waals surface area contributed by atoms with Crippen molar-refractivity contribution in [2.24, 2.45) is 5.92 Å². The van der Waals surface area contributed by atoms with Gasteiger partial charge in [0.25, 0.3) is 0 Å². The zero-order chi connectivity index (χ0) is 19.0. The third kappa shape index (κ3) is 3.31. The number of benzene rings is 2. The van der Waals surface area contributed by atoms with E-state index in [0.717, 1.165) is 58.5 Å². The van der Waals surface area contributed by atoms with E-state index in [1.54, 1.807) is 6.20 Å². The van der Waals surface area contributed by atoms with Crippen LogP contribution in [-0.2, 0) is 0 Å². The van der Waals surface area contributed by atoms with Gasteiger partial charge in [0.2, 0.25) is 0 Å². The predicted molar refractivity (Wildman–Crippen MR) is 107 cm³/mol. The highest BCUT2D eigenvalue weighted by molar-refractivity contribution is 5.82. The van der Waals surface area contributed by atoms with Crippen molar-refractivity contribution in [2.75, 3.05) is 18.0 Å². The first-order valence-electron chi connectivity index (χ1n) is 9.27. The Morgan fingerprint density at radius 3 is 2.63 bits per heavy atom. The molecule has 5 heteroatoms. The number of aromatic nitrogens is 2. The van der Waals surface area contributed by atoms with E-state index >= 15 is 0 Å². The molecule has 2 heterocycles. The number of rotatable bonds is 2. The fourth-order valence-corrected chi connectivity index (χ4v) is 3.75. The zero-order valence-corrected chi connectivity index (χ0v) is 15.6. The first-order valence-corrected chi connectivity index (χ1v) is 9.27. The van der Waals surface area contributed by atoms with Crippen LogP contribution in [0.4, 0.5) is 5.82 Å². The van der Waals surface area contributed by atoms with E-state index in [-0.39, 0.29) is 5.92 Å². The van der Waals surface area contributed by atoms with E-state index < -0.39 is 0 Å². The molecule has 1 unspecified atom stereocenters. The first kappa shape index (κ1) is 17.3. The van der Waals surface area contributed by atoms with E-state index in [1.165, 1.54) is 0 Å². The summed E-state index contributed by atoms with van der Waals surface area (Å²) >= 11 is 0. The van der Waals surface area contributed by atoms with Gasteiger partial charge in [0.15, 0.2) is 0 Å². The molecule has 0 aliphatic carbocycles. The van der Waals surface area contributed by atoms with Gasteiger partial charge in [-0.2, -0.15) is 5.26 Å². The summed E-state index contributed by atoms with van der Waals surface area (Å²) < 4.78 is 0. The minimum absolute atomic E-state index is 0.0607. The van der Waals surface area contributed by atoms with Gasteiger partial charge in [0.1, 0.15) is 11.6 Å². The lowest BCUT2D eigenvalue weighted by Crippen LogP contribution is -2.35. The van der Waals surface area contributed by atoms with Crippen LogP contribution in [0, 0.1) is 31.1 Å². The Morgan fingerprint density at radius 1 is 1.11 bits per heavy atom. The van der Waals surface area contributed by atoms with Gasteiger partial charge in [-0.3, -0.25) is 4.98 Å². The number of fused-ring (bicyclic) bond motifs is 1. The Hall–Kier alpha value is -3.13. The lowest BCUT2D eigenvalue weighted by atomic mass is 9.99. The van der Waals surface area contributed by atoms with Crippen molar-refractivity contribution in [2.45, 2.75) is 26.7 Å². The second-order valence-electron chi connectivity index (χ2n) is 7.30. The molecular formula is C22H22N4O. The van der Waals surface area contributed by atoms with E-state index in [9.17, 15) is 10.4 Å². The van der Waals surface area contributed by atoms with E-state index in [0.29, 0.717) is 12.3 Å². The largest absolute Gasteiger partial charge is 0.507 e. The van der Waals surface area contributed by atoms with E-state index in [4.69, 9.17) is 4.98 Å². The highest BCUT2D eigenvalue weighted by Crippen LogP contribution is 2.31. The van der Waals surface area contributed by atoms with Gasteiger partial charge < -0.3 is 10.0 Å². The number of phenolic OH excluding ortho intramolecular Hbond substituents is 1. The molecule has 27 heavy (non-hydrogen) atoms. The van der Waals surface area contributed by atoms with Gasteiger partial charge in [-0.05, 0) is 73.2 Å². The molecule has 0 bridgehead atoms. The molecule has 0 radical (unpaired) electrons. The number of aryl methyl sites for hydroxylation is 2. The standard InChI is InChI=1S/C22H22N4O/c1-14-8-18(9-15(2)22(14)27)17-5-6-19-20(10-17)25-21(12-24-19)26-7-3-4-16(11-23)13-26/h5-6,8-10,12,16,27H,3-4,7,13H2,1-2H3. The highest BCUT2D eigenvalue weighted by Gasteiger charge is 2.21. The molecule has 1 aromatic heterocycles. The summed E-state index contributed by atoms with van der Waals surface area (Å²) in [6.45, 7) is 5.45. The summed E-state index contributed by atoms with van der Waals surface area (Å²) in [6.07, 6.45) is 3.76. The number of hydrogen-bond acceptors (Lipinski definition) is 5. The van der Waals surface area contributed by atoms with Crippen LogP contribution in [0.5, 0.6) is 5.75 Å². The molecule has 1 atom stereocenters. The number of aromatic hydroxyl groups is 1. The van der Waals surface area contributed by atoms with E-state index in [2.05, 4.69) is 16.0 Å². The third-order valence-corrected chi connectivity index (χ3v) is 5.28. The second kappa shape index (κ2) is 6.88. The monoisotopic (exact) mass is 358 g/mol. The third-order valence-electron chi connectivity index (χ3n) is 5.28. The van der Waals surface area contributed by atoms with Crippen molar-refractivity contribution in [3.05, 3.63) is 47.7 Å². The normalized spacial score (nSPS) is 17.1. The van der Waals surface area contributed by atoms with Crippen molar-refractivity contribution >= 4 is 16.9 Å². The molecule has 4 rings (SSSR count). The molecule has 0 saturated carbocycles. The SMILES string of the molecule is Cc1cc(-c2ccc3ncc(N4CCCC(C#N)C4)nc3c2)cc(C)c1O. The first-order chi connectivity index (χ1) is 13.0. The summed E-state index contributed by atoms with van der Waals surface area (Å²) in [4.78, 5) is 11.5. The molecule has 5 nitrogen and oxygen atoms in total. The quantitative estimate of drug-likeness (QED) is 0.737. The zero-order valence-electron chi connectivity index (χ0n) is 15.6. The number of phenols is 1. The predicted octanol–water partition coefficient (Wildman–Crippen LogP) is 4.36. The van der Waals surface area contributed by atoms with Crippen LogP contribution >= 0.6 is 0 Å². The van der Waals surface area contributed by atoms with Crippen LogP contribution in [0.15, 0.2) is 36.5 Å². The molecule has 1 aliphatic rings. The Morgan fingerprint density at radius 2 is 1.89 bits per heavy atom. The van der Waals surface area contributed by atoms with Crippen molar-refractivity contribution in [1.29, 1.82) is 5.26 Å². The maximum Gasteiger partial charge on any atom is 0.147 e. The molecule has 0 spiro atoms. The summed E-state index contributed by atoms with van der Waals surface area (Å²) in [5.41, 5.74) is 5.52. The molecule has 1 saturated heterocycles. The second-order valence-corrected chi connectivity index (χ2v) is 7.30. The maximum atomic E-state index is 10.0. The molecule has 0 amide bonds. The Balaban J connectivity index is 1.72. The molecule has 1 fully saturated rings. The van der Waals surface area contributed by atoms with Crippen LogP contribution < -0.4 is 4.90 Å². The number of anilines is 1. The number of nitriles is 1. The number of hydrogen-bond donors (Lipinski definition) is 1. The minimum Gasteiger partial charge on any atom is -0.507 e. The summed E-state index contributed by atoms with van der Waals surface area (Å²) in [7, 11) is 0. The van der Waals surface area contributed by atoms with Crippen molar-refractivity contribution in [1.82, 2.24) is 9.97 Å². The van der Waals surface area contributed by atoms with Crippen LogP contribution in [-0.4, -0.2) is 28.2 Å². The summed E-state index contributed by atoms with van der Waals surface area (Å²) in [5.74, 6) is 1.24. The van der Waals surface area contributed by atoms with Crippen molar-refractivity contribution < 1.29 is 5.11 Å². The number of nitrogens with zero attached hydrogens (tertiary/aromatic N) is 4. The molecule has 136 valence electrons. The molecule has 2 aromatic carbocycles. The van der Waals surface area contributed by atoms with Gasteiger partial charge >= 0.3 is 0 Å². The van der Waals surface area contributed by atoms with Gasteiger partial charge in [0, 0.05) is 13.1 Å². The lowest BCUT2D eigenvalue weighted by Gasteiger charge is -2.30. The minimum atomic E-state index is 0.0607. The fourth-order valence-electron chi connectivity index (χ4n) is 3.75. The average molecular weight is 358 g/mol. The van der Waals surface area contributed by atoms with Gasteiger partial charge in [-0.15, -0.1) is 0 Å². The summed E-state index contributed by atoms with van der Waals surface area (Å²) in [5, 5.41) is 19.2. The number of piperidine rings is 1. The van der Waals surface area contributed by atoms with Crippen molar-refractivity contribution in [3.63, 3.8) is 0 Å². The molecule has 3 aromatic rings. The lowest BCUT2D eigenvalue weighted by molar-refractivity contribution is 0.467. The van der Waals surface area contributed by atoms with Crippen LogP contribution in [0.2, 0.25) is 0 Å². The Kier molecular flexibility index (Phi) is 4.41. The molecule has 1 aliphatic heterocycles. The van der Waals surface area contributed by atoms with Gasteiger partial charge in [-0.25, -0.2) is 4.98 Å². The molecule has 1 N–H and O–H groups in total. The van der Waals surface area contributed by atoms with Crippen LogP contribution in [0.25, 0.3) is 22.2 Å². The topological polar surface area (TPSA) is 73.0 Å². The van der Waals surface area contributed by atoms with Gasteiger partial charge in [0.05, 0.1) is 29.2 Å². The molecular weight excluding hydrogens is 336 g/mol. The fraction of sp³-hybridized carbons (Fsp3) is 0.318. The van der Waals surface area contributed by atoms with Crippen LogP contribution in [0.3, 0.4) is 0 Å². The summed E-state index contributed by atoms with van der Waals surface area (Å²) in [6, 6.07) is 12.4.